The molecule has 0 aliphatic carbocycles. The number of imide groups is 1. The van der Waals surface area contributed by atoms with E-state index < -0.39 is 0 Å². The van der Waals surface area contributed by atoms with Crippen molar-refractivity contribution in [2.75, 3.05) is 7.11 Å². The van der Waals surface area contributed by atoms with Crippen LogP contribution in [0.15, 0.2) is 83.8 Å². The number of aryl methyl sites for hydroxylation is 1. The summed E-state index contributed by atoms with van der Waals surface area (Å²) in [6.07, 6.45) is 0. The molecule has 2 amide bonds. The van der Waals surface area contributed by atoms with Gasteiger partial charge in [-0.2, -0.15) is 0 Å². The van der Waals surface area contributed by atoms with Crippen molar-refractivity contribution >= 4 is 29.1 Å². The fourth-order valence-electron chi connectivity index (χ4n) is 3.53. The van der Waals surface area contributed by atoms with Gasteiger partial charge in [0.25, 0.3) is 11.8 Å². The van der Waals surface area contributed by atoms with E-state index in [1.165, 1.54) is 16.7 Å². The van der Waals surface area contributed by atoms with E-state index in [1.807, 2.05) is 85.8 Å². The molecular formula is C26H23NO3S. The van der Waals surface area contributed by atoms with E-state index in [9.17, 15) is 9.59 Å². The number of hydrogen-bond acceptors (Lipinski definition) is 4. The summed E-state index contributed by atoms with van der Waals surface area (Å²) in [5.74, 6) is 0.637. The third-order valence-electron chi connectivity index (χ3n) is 5.19. The van der Waals surface area contributed by atoms with Gasteiger partial charge in [-0.25, -0.2) is 0 Å². The highest BCUT2D eigenvalue weighted by Crippen LogP contribution is 2.40. The Morgan fingerprint density at radius 1 is 0.806 bits per heavy atom. The average molecular weight is 430 g/mol. The van der Waals surface area contributed by atoms with Crippen molar-refractivity contribution in [3.05, 3.63) is 106 Å². The zero-order valence-electron chi connectivity index (χ0n) is 17.5. The molecule has 1 aliphatic rings. The molecule has 0 saturated carbocycles. The zero-order valence-corrected chi connectivity index (χ0v) is 18.3. The summed E-state index contributed by atoms with van der Waals surface area (Å²) in [6.45, 7) is 2.25. The molecule has 0 spiro atoms. The predicted octanol–water partition coefficient (Wildman–Crippen LogP) is 5.22. The lowest BCUT2D eigenvalue weighted by atomic mass is 10.0. The second-order valence-electron chi connectivity index (χ2n) is 7.36. The first-order valence-corrected chi connectivity index (χ1v) is 11.0. The molecule has 0 N–H and O–H groups in total. The fraction of sp³-hybridized carbons (Fsp3) is 0.154. The number of para-hydroxylation sites is 1. The van der Waals surface area contributed by atoms with Crippen molar-refractivity contribution in [2.24, 2.45) is 0 Å². The van der Waals surface area contributed by atoms with Crippen LogP contribution in [0.3, 0.4) is 0 Å². The van der Waals surface area contributed by atoms with Crippen LogP contribution in [0.5, 0.6) is 5.75 Å². The van der Waals surface area contributed by atoms with Crippen LogP contribution in [0.2, 0.25) is 0 Å². The summed E-state index contributed by atoms with van der Waals surface area (Å²) < 4.78 is 5.49. The van der Waals surface area contributed by atoms with E-state index in [-0.39, 0.29) is 18.4 Å². The molecule has 3 aromatic carbocycles. The van der Waals surface area contributed by atoms with Crippen molar-refractivity contribution in [3.63, 3.8) is 0 Å². The minimum Gasteiger partial charge on any atom is -0.496 e. The molecule has 5 heteroatoms. The molecule has 0 bridgehead atoms. The van der Waals surface area contributed by atoms with Crippen molar-refractivity contribution in [2.45, 2.75) is 19.2 Å². The molecule has 0 unspecified atom stereocenters. The van der Waals surface area contributed by atoms with Gasteiger partial charge >= 0.3 is 0 Å². The highest BCUT2D eigenvalue weighted by molar-refractivity contribution is 8.03. The molecule has 3 aromatic rings. The SMILES string of the molecule is COc1ccccc1C1=C(SCc2ccccc2)C(=O)N(Cc2ccc(C)cc2)C1=O. The molecule has 1 heterocycles. The number of thioether (sulfide) groups is 1. The van der Waals surface area contributed by atoms with Crippen LogP contribution in [0.1, 0.15) is 22.3 Å². The quantitative estimate of drug-likeness (QED) is 0.483. The maximum atomic E-state index is 13.5. The highest BCUT2D eigenvalue weighted by atomic mass is 32.2. The van der Waals surface area contributed by atoms with Gasteiger partial charge in [-0.3, -0.25) is 14.5 Å². The Bertz CT molecular complexity index is 1140. The summed E-state index contributed by atoms with van der Waals surface area (Å²) in [4.78, 5) is 28.6. The number of methoxy groups -OCH3 is 1. The maximum absolute atomic E-state index is 13.5. The Kier molecular flexibility index (Phi) is 6.23. The van der Waals surface area contributed by atoms with Gasteiger partial charge in [0, 0.05) is 11.3 Å². The predicted molar refractivity (Wildman–Crippen MR) is 124 cm³/mol. The zero-order chi connectivity index (χ0) is 21.8. The number of rotatable bonds is 7. The number of carbonyl (C=O) groups is 2. The lowest BCUT2D eigenvalue weighted by molar-refractivity contribution is -0.137. The van der Waals surface area contributed by atoms with Crippen LogP contribution in [0, 0.1) is 6.92 Å². The van der Waals surface area contributed by atoms with Crippen LogP contribution in [0.4, 0.5) is 0 Å². The average Bonchev–Trinajstić information content (AvgIpc) is 3.03. The Hall–Kier alpha value is -3.31. The molecule has 0 radical (unpaired) electrons. The summed E-state index contributed by atoms with van der Waals surface area (Å²) in [6, 6.07) is 25.1. The number of ether oxygens (including phenoxy) is 1. The third kappa shape index (κ3) is 4.42. The smallest absolute Gasteiger partial charge is 0.268 e. The van der Waals surface area contributed by atoms with Gasteiger partial charge in [0.15, 0.2) is 0 Å². The minimum absolute atomic E-state index is 0.242. The van der Waals surface area contributed by atoms with Crippen LogP contribution >= 0.6 is 11.8 Å². The largest absolute Gasteiger partial charge is 0.496 e. The number of benzene rings is 3. The molecule has 156 valence electrons. The summed E-state index contributed by atoms with van der Waals surface area (Å²) in [7, 11) is 1.57. The number of hydrogen-bond donors (Lipinski definition) is 0. The lowest BCUT2D eigenvalue weighted by Crippen LogP contribution is -2.31. The van der Waals surface area contributed by atoms with Crippen LogP contribution in [-0.4, -0.2) is 23.8 Å². The van der Waals surface area contributed by atoms with Gasteiger partial charge in [-0.1, -0.05) is 78.4 Å². The topological polar surface area (TPSA) is 46.6 Å². The van der Waals surface area contributed by atoms with E-state index in [4.69, 9.17) is 4.74 Å². The van der Waals surface area contributed by atoms with Crippen LogP contribution in [-0.2, 0) is 21.9 Å². The molecule has 0 atom stereocenters. The van der Waals surface area contributed by atoms with Crippen molar-refractivity contribution < 1.29 is 14.3 Å². The fourth-order valence-corrected chi connectivity index (χ4v) is 4.60. The van der Waals surface area contributed by atoms with Crippen molar-refractivity contribution in [1.82, 2.24) is 4.90 Å². The highest BCUT2D eigenvalue weighted by Gasteiger charge is 2.40. The Balaban J connectivity index is 1.70. The molecule has 1 aliphatic heterocycles. The van der Waals surface area contributed by atoms with E-state index in [0.717, 1.165) is 16.7 Å². The summed E-state index contributed by atoms with van der Waals surface area (Å²) in [5, 5.41) is 0. The summed E-state index contributed by atoms with van der Waals surface area (Å²) in [5.41, 5.74) is 4.20. The monoisotopic (exact) mass is 429 g/mol. The Morgan fingerprint density at radius 3 is 2.19 bits per heavy atom. The number of carbonyl (C=O) groups excluding carboxylic acids is 2. The van der Waals surface area contributed by atoms with E-state index in [1.54, 1.807) is 7.11 Å². The first-order chi connectivity index (χ1) is 15.1. The van der Waals surface area contributed by atoms with E-state index >= 15 is 0 Å². The maximum Gasteiger partial charge on any atom is 0.268 e. The molecule has 31 heavy (non-hydrogen) atoms. The molecule has 4 nitrogen and oxygen atoms in total. The molecule has 0 aromatic heterocycles. The van der Waals surface area contributed by atoms with Gasteiger partial charge < -0.3 is 4.74 Å². The van der Waals surface area contributed by atoms with E-state index in [2.05, 4.69) is 0 Å². The normalized spacial score (nSPS) is 13.8. The second kappa shape index (κ2) is 9.23. The molecule has 0 fully saturated rings. The van der Waals surface area contributed by atoms with Gasteiger partial charge in [0.2, 0.25) is 0 Å². The Labute approximate surface area is 186 Å². The number of nitrogens with zero attached hydrogens (tertiary/aromatic N) is 1. The minimum atomic E-state index is -0.286. The van der Waals surface area contributed by atoms with Gasteiger partial charge in [0.1, 0.15) is 5.75 Å². The second-order valence-corrected chi connectivity index (χ2v) is 8.35. The molecular weight excluding hydrogens is 406 g/mol. The van der Waals surface area contributed by atoms with E-state index in [0.29, 0.717) is 27.5 Å². The molecule has 0 saturated heterocycles. The van der Waals surface area contributed by atoms with Gasteiger partial charge in [0.05, 0.1) is 24.1 Å². The standard InChI is InChI=1S/C26H23NO3S/c1-18-12-14-19(15-13-18)16-27-25(28)23(21-10-6-7-11-22(21)30-2)24(26(27)29)31-17-20-8-4-3-5-9-20/h3-15H,16-17H2,1-2H3. The van der Waals surface area contributed by atoms with Gasteiger partial charge in [-0.15, -0.1) is 11.8 Å². The van der Waals surface area contributed by atoms with Crippen LogP contribution in [0.25, 0.3) is 5.57 Å². The summed E-state index contributed by atoms with van der Waals surface area (Å²) >= 11 is 1.40. The molecule has 4 rings (SSSR count). The lowest BCUT2D eigenvalue weighted by Gasteiger charge is -2.16. The first-order valence-electron chi connectivity index (χ1n) is 10.0. The van der Waals surface area contributed by atoms with Crippen molar-refractivity contribution in [3.8, 4) is 5.75 Å². The third-order valence-corrected chi connectivity index (χ3v) is 6.33. The van der Waals surface area contributed by atoms with Crippen molar-refractivity contribution in [1.29, 1.82) is 0 Å². The first kappa shape index (κ1) is 20.9. The van der Waals surface area contributed by atoms with Crippen LogP contribution < -0.4 is 4.74 Å². The number of amides is 2. The Morgan fingerprint density at radius 2 is 1.48 bits per heavy atom. The van der Waals surface area contributed by atoms with Gasteiger partial charge in [-0.05, 0) is 24.1 Å².